The van der Waals surface area contributed by atoms with Gasteiger partial charge in [0, 0.05) is 0 Å². The van der Waals surface area contributed by atoms with Gasteiger partial charge < -0.3 is 14.7 Å². The smallest absolute Gasteiger partial charge is 0.303 e. The average Bonchev–Trinajstić information content (AvgIpc) is 1.47. The molecule has 0 heterocycles. The van der Waals surface area contributed by atoms with E-state index in [-0.39, 0.29) is 0 Å². The molecular formula is C8H19O4P. The Morgan fingerprint density at radius 1 is 1.15 bits per heavy atom. The first-order chi connectivity index (χ1) is 5.42. The molecule has 4 nitrogen and oxygen atoms in total. The molecule has 0 aromatic heterocycles. The monoisotopic (exact) mass is 210 g/mol. The van der Waals surface area contributed by atoms with Crippen molar-refractivity contribution >= 4 is 7.82 Å². The van der Waals surface area contributed by atoms with E-state index in [1.807, 2.05) is 0 Å². The Morgan fingerprint density at radius 3 is 1.38 bits per heavy atom. The highest BCUT2D eigenvalue weighted by atomic mass is 31.2. The van der Waals surface area contributed by atoms with E-state index in [1.54, 1.807) is 0 Å². The van der Waals surface area contributed by atoms with Gasteiger partial charge in [0.15, 0.2) is 0 Å². The second-order valence-corrected chi connectivity index (χ2v) is 5.13. The molecule has 0 aromatic carbocycles. The minimum atomic E-state index is -4.64. The van der Waals surface area contributed by atoms with Gasteiger partial charge in [0.05, 0.1) is 0 Å². The van der Waals surface area contributed by atoms with Gasteiger partial charge in [-0.2, -0.15) is 0 Å². The molecule has 13 heavy (non-hydrogen) atoms. The molecule has 0 aromatic rings. The predicted molar refractivity (Wildman–Crippen MR) is 53.1 cm³/mol. The number of rotatable bonds is 0. The summed E-state index contributed by atoms with van der Waals surface area (Å²) in [6.45, 7) is 10.9. The third-order valence-electron chi connectivity index (χ3n) is 0.722. The SMILES string of the molecule is CC(C)=CC(C)(C)C.O=P(O)(O)O. The van der Waals surface area contributed by atoms with Crippen LogP contribution in [0.15, 0.2) is 11.6 Å². The summed E-state index contributed by atoms with van der Waals surface area (Å²) < 4.78 is 8.88. The van der Waals surface area contributed by atoms with E-state index in [4.69, 9.17) is 19.2 Å². The lowest BCUT2D eigenvalue weighted by Gasteiger charge is -2.11. The first kappa shape index (κ1) is 15.3. The van der Waals surface area contributed by atoms with E-state index in [0.29, 0.717) is 5.41 Å². The zero-order chi connectivity index (χ0) is 11.3. The summed E-state index contributed by atoms with van der Waals surface area (Å²) in [7, 11) is -4.64. The van der Waals surface area contributed by atoms with Crippen LogP contribution in [-0.2, 0) is 4.57 Å². The molecule has 0 saturated carbocycles. The zero-order valence-electron chi connectivity index (χ0n) is 8.77. The van der Waals surface area contributed by atoms with Crippen molar-refractivity contribution in [2.75, 3.05) is 0 Å². The van der Waals surface area contributed by atoms with Gasteiger partial charge in [-0.3, -0.25) is 0 Å². The predicted octanol–water partition coefficient (Wildman–Crippen LogP) is 2.07. The van der Waals surface area contributed by atoms with Crippen molar-refractivity contribution in [2.45, 2.75) is 34.6 Å². The Morgan fingerprint density at radius 2 is 1.38 bits per heavy atom. The fourth-order valence-corrected chi connectivity index (χ4v) is 0.866. The van der Waals surface area contributed by atoms with Crippen LogP contribution in [0.2, 0.25) is 0 Å². The summed E-state index contributed by atoms with van der Waals surface area (Å²) in [5.74, 6) is 0. The molecule has 0 bridgehead atoms. The Bertz CT molecular complexity index is 196. The molecule has 80 valence electrons. The van der Waals surface area contributed by atoms with Crippen molar-refractivity contribution in [3.8, 4) is 0 Å². The number of allylic oxidation sites excluding steroid dienone is 2. The summed E-state index contributed by atoms with van der Waals surface area (Å²) in [6.07, 6.45) is 2.27. The van der Waals surface area contributed by atoms with Crippen molar-refractivity contribution in [1.82, 2.24) is 0 Å². The highest BCUT2D eigenvalue weighted by Gasteiger charge is 2.03. The number of phosphoric acid groups is 1. The molecule has 0 saturated heterocycles. The molecule has 5 heteroatoms. The van der Waals surface area contributed by atoms with Gasteiger partial charge in [-0.1, -0.05) is 32.4 Å². The van der Waals surface area contributed by atoms with Crippen LogP contribution in [0.5, 0.6) is 0 Å². The van der Waals surface area contributed by atoms with Crippen molar-refractivity contribution < 1.29 is 19.2 Å². The standard InChI is InChI=1S/C8H16.H3O4P/c1-7(2)6-8(3,4)5;1-5(2,3)4/h6H,1-5H3;(H3,1,2,3,4). The minimum absolute atomic E-state index is 0.360. The maximum absolute atomic E-state index is 8.88. The third kappa shape index (κ3) is 48.9. The topological polar surface area (TPSA) is 77.8 Å². The van der Waals surface area contributed by atoms with Gasteiger partial charge in [-0.15, -0.1) is 0 Å². The van der Waals surface area contributed by atoms with E-state index < -0.39 is 7.82 Å². The van der Waals surface area contributed by atoms with Gasteiger partial charge in [-0.05, 0) is 19.3 Å². The van der Waals surface area contributed by atoms with Crippen LogP contribution in [0, 0.1) is 5.41 Å². The lowest BCUT2D eigenvalue weighted by Crippen LogP contribution is -1.99. The van der Waals surface area contributed by atoms with Crippen LogP contribution in [0.1, 0.15) is 34.6 Å². The van der Waals surface area contributed by atoms with Crippen LogP contribution >= 0.6 is 7.82 Å². The van der Waals surface area contributed by atoms with Gasteiger partial charge in [0.2, 0.25) is 0 Å². The lowest BCUT2D eigenvalue weighted by atomic mass is 9.94. The van der Waals surface area contributed by atoms with Gasteiger partial charge in [0.25, 0.3) is 0 Å². The van der Waals surface area contributed by atoms with Crippen LogP contribution in [-0.4, -0.2) is 14.7 Å². The Balaban J connectivity index is 0. The zero-order valence-corrected chi connectivity index (χ0v) is 9.67. The number of hydrogen-bond donors (Lipinski definition) is 3. The maximum Gasteiger partial charge on any atom is 0.466 e. The van der Waals surface area contributed by atoms with Crippen molar-refractivity contribution in [2.24, 2.45) is 5.41 Å². The largest absolute Gasteiger partial charge is 0.466 e. The summed E-state index contributed by atoms with van der Waals surface area (Å²) >= 11 is 0. The summed E-state index contributed by atoms with van der Waals surface area (Å²) in [4.78, 5) is 21.6. The summed E-state index contributed by atoms with van der Waals surface area (Å²) in [5, 5.41) is 0. The highest BCUT2D eigenvalue weighted by molar-refractivity contribution is 7.45. The third-order valence-corrected chi connectivity index (χ3v) is 0.722. The van der Waals surface area contributed by atoms with E-state index in [9.17, 15) is 0 Å². The molecule has 0 atom stereocenters. The maximum atomic E-state index is 8.88. The van der Waals surface area contributed by atoms with Crippen LogP contribution in [0.3, 0.4) is 0 Å². The van der Waals surface area contributed by atoms with Crippen LogP contribution in [0.25, 0.3) is 0 Å². The van der Waals surface area contributed by atoms with Crippen molar-refractivity contribution in [3.63, 3.8) is 0 Å². The molecule has 0 rings (SSSR count). The van der Waals surface area contributed by atoms with E-state index >= 15 is 0 Å². The fraction of sp³-hybridized carbons (Fsp3) is 0.750. The normalized spacial score (nSPS) is 11.4. The van der Waals surface area contributed by atoms with Crippen molar-refractivity contribution in [1.29, 1.82) is 0 Å². The molecule has 0 amide bonds. The number of hydrogen-bond acceptors (Lipinski definition) is 1. The fourth-order valence-electron chi connectivity index (χ4n) is 0.866. The second-order valence-electron chi connectivity index (χ2n) is 4.10. The summed E-state index contributed by atoms with van der Waals surface area (Å²) in [5.41, 5.74) is 1.76. The molecule has 0 spiro atoms. The quantitative estimate of drug-likeness (QED) is 0.422. The van der Waals surface area contributed by atoms with Crippen LogP contribution < -0.4 is 0 Å². The molecule has 0 radical (unpaired) electrons. The highest BCUT2D eigenvalue weighted by Crippen LogP contribution is 2.25. The first-order valence-corrected chi connectivity index (χ1v) is 5.43. The Hall–Kier alpha value is -0.150. The molecule has 0 aliphatic rings. The van der Waals surface area contributed by atoms with E-state index in [1.165, 1.54) is 5.57 Å². The van der Waals surface area contributed by atoms with Gasteiger partial charge in [0.1, 0.15) is 0 Å². The van der Waals surface area contributed by atoms with Gasteiger partial charge >= 0.3 is 7.82 Å². The average molecular weight is 210 g/mol. The minimum Gasteiger partial charge on any atom is -0.303 e. The molecule has 3 N–H and O–H groups in total. The molecule has 0 fully saturated rings. The van der Waals surface area contributed by atoms with E-state index in [2.05, 4.69) is 40.7 Å². The summed E-state index contributed by atoms with van der Waals surface area (Å²) in [6, 6.07) is 0. The molecule has 0 aliphatic heterocycles. The molecular weight excluding hydrogens is 191 g/mol. The Labute approximate surface area is 79.5 Å². The van der Waals surface area contributed by atoms with E-state index in [0.717, 1.165) is 0 Å². The Kier molecular flexibility index (Phi) is 6.55. The second kappa shape index (κ2) is 5.55. The lowest BCUT2D eigenvalue weighted by molar-refractivity contribution is 0.275. The van der Waals surface area contributed by atoms with Crippen molar-refractivity contribution in [3.05, 3.63) is 11.6 Å². The molecule has 0 aliphatic carbocycles. The first-order valence-electron chi connectivity index (χ1n) is 3.86. The molecule has 0 unspecified atom stereocenters. The van der Waals surface area contributed by atoms with Gasteiger partial charge in [-0.25, -0.2) is 4.57 Å². The van der Waals surface area contributed by atoms with Crippen LogP contribution in [0.4, 0.5) is 0 Å².